The Hall–Kier alpha value is -1.32. The van der Waals surface area contributed by atoms with Crippen LogP contribution in [0.5, 0.6) is 0 Å². The molecule has 84 valence electrons. The lowest BCUT2D eigenvalue weighted by Gasteiger charge is -2.17. The van der Waals surface area contributed by atoms with Crippen molar-refractivity contribution in [1.29, 1.82) is 0 Å². The van der Waals surface area contributed by atoms with E-state index < -0.39 is 0 Å². The van der Waals surface area contributed by atoms with Gasteiger partial charge in [0.1, 0.15) is 12.4 Å². The molecule has 0 saturated heterocycles. The van der Waals surface area contributed by atoms with Crippen molar-refractivity contribution in [3.63, 3.8) is 0 Å². The largest absolute Gasteiger partial charge is 0.355 e. The molecule has 1 aromatic rings. The summed E-state index contributed by atoms with van der Waals surface area (Å²) in [6.45, 7) is 7.41. The SMILES string of the molecule is CC(C)(C)C(=O)NCCC[n+]1cc[nH]c1. The van der Waals surface area contributed by atoms with Crippen LogP contribution in [0.4, 0.5) is 0 Å². The van der Waals surface area contributed by atoms with E-state index in [0.29, 0.717) is 0 Å². The predicted molar refractivity (Wildman–Crippen MR) is 58.1 cm³/mol. The van der Waals surface area contributed by atoms with Crippen LogP contribution in [0.2, 0.25) is 0 Å². The van der Waals surface area contributed by atoms with Gasteiger partial charge >= 0.3 is 0 Å². The molecule has 1 rings (SSSR count). The Balaban J connectivity index is 2.15. The fourth-order valence-electron chi connectivity index (χ4n) is 1.19. The van der Waals surface area contributed by atoms with E-state index in [1.807, 2.05) is 39.5 Å². The first-order valence-electron chi connectivity index (χ1n) is 5.30. The number of aromatic nitrogens is 2. The number of aromatic amines is 1. The summed E-state index contributed by atoms with van der Waals surface area (Å²) in [5.41, 5.74) is -0.290. The van der Waals surface area contributed by atoms with Gasteiger partial charge in [-0.15, -0.1) is 0 Å². The number of carbonyl (C=O) groups excluding carboxylic acids is 1. The molecule has 4 heteroatoms. The van der Waals surface area contributed by atoms with E-state index in [2.05, 4.69) is 14.9 Å². The van der Waals surface area contributed by atoms with Gasteiger partial charge in [-0.05, 0) is 0 Å². The summed E-state index contributed by atoms with van der Waals surface area (Å²) in [6.07, 6.45) is 6.72. The van der Waals surface area contributed by atoms with Crippen molar-refractivity contribution in [3.05, 3.63) is 18.7 Å². The highest BCUT2D eigenvalue weighted by Crippen LogP contribution is 2.11. The van der Waals surface area contributed by atoms with Crippen LogP contribution in [0, 0.1) is 5.41 Å². The van der Waals surface area contributed by atoms with Crippen LogP contribution in [0.15, 0.2) is 18.7 Å². The second-order valence-corrected chi connectivity index (χ2v) is 4.71. The van der Waals surface area contributed by atoms with Crippen LogP contribution in [0.25, 0.3) is 0 Å². The highest BCUT2D eigenvalue weighted by molar-refractivity contribution is 5.81. The first kappa shape index (κ1) is 11.8. The molecule has 1 amide bonds. The molecule has 0 atom stereocenters. The molecule has 0 fully saturated rings. The molecule has 0 bridgehead atoms. The molecule has 0 radical (unpaired) electrons. The van der Waals surface area contributed by atoms with Crippen molar-refractivity contribution < 1.29 is 9.36 Å². The van der Waals surface area contributed by atoms with Gasteiger partial charge in [0, 0.05) is 18.4 Å². The van der Waals surface area contributed by atoms with Crippen LogP contribution in [-0.2, 0) is 11.3 Å². The number of nitrogens with zero attached hydrogens (tertiary/aromatic N) is 1. The Morgan fingerprint density at radius 3 is 2.73 bits per heavy atom. The zero-order valence-electron chi connectivity index (χ0n) is 9.71. The minimum atomic E-state index is -0.290. The van der Waals surface area contributed by atoms with Gasteiger partial charge in [-0.3, -0.25) is 9.78 Å². The lowest BCUT2D eigenvalue weighted by molar-refractivity contribution is -0.695. The van der Waals surface area contributed by atoms with Crippen molar-refractivity contribution >= 4 is 5.91 Å². The summed E-state index contributed by atoms with van der Waals surface area (Å²) in [6, 6.07) is 0. The highest BCUT2D eigenvalue weighted by Gasteiger charge is 2.20. The lowest BCUT2D eigenvalue weighted by atomic mass is 9.96. The fraction of sp³-hybridized carbons (Fsp3) is 0.636. The third-order valence-electron chi connectivity index (χ3n) is 2.16. The summed E-state index contributed by atoms with van der Waals surface area (Å²) < 4.78 is 2.06. The number of hydrogen-bond acceptors (Lipinski definition) is 1. The summed E-state index contributed by atoms with van der Waals surface area (Å²) >= 11 is 0. The topological polar surface area (TPSA) is 48.8 Å². The molecule has 0 aliphatic heterocycles. The molecular formula is C11H20N3O+. The van der Waals surface area contributed by atoms with Crippen LogP contribution in [0.3, 0.4) is 0 Å². The monoisotopic (exact) mass is 210 g/mol. The number of aryl methyl sites for hydroxylation is 1. The Kier molecular flexibility index (Phi) is 3.88. The van der Waals surface area contributed by atoms with Crippen LogP contribution in [-0.4, -0.2) is 17.4 Å². The second kappa shape index (κ2) is 4.96. The maximum absolute atomic E-state index is 11.5. The number of H-pyrrole nitrogens is 1. The van der Waals surface area contributed by atoms with Gasteiger partial charge in [-0.2, -0.15) is 0 Å². The van der Waals surface area contributed by atoms with Crippen LogP contribution in [0.1, 0.15) is 27.2 Å². The minimum Gasteiger partial charge on any atom is -0.355 e. The number of imidazole rings is 1. The standard InChI is InChI=1S/C11H19N3O/c1-11(2,3)10(15)13-5-4-7-14-8-6-12-9-14/h6,8-9H,4-5,7H2,1-3H3,(H,13,15)/p+1. The zero-order valence-corrected chi connectivity index (χ0v) is 9.71. The molecule has 1 heterocycles. The van der Waals surface area contributed by atoms with Crippen LogP contribution < -0.4 is 9.88 Å². The molecule has 4 nitrogen and oxygen atoms in total. The Labute approximate surface area is 90.7 Å². The van der Waals surface area contributed by atoms with Gasteiger partial charge in [-0.1, -0.05) is 20.8 Å². The first-order chi connectivity index (χ1) is 7.00. The molecular weight excluding hydrogens is 190 g/mol. The molecule has 0 spiro atoms. The van der Waals surface area contributed by atoms with Crippen molar-refractivity contribution in [2.24, 2.45) is 5.41 Å². The molecule has 15 heavy (non-hydrogen) atoms. The van der Waals surface area contributed by atoms with Gasteiger partial charge in [0.2, 0.25) is 12.2 Å². The number of amides is 1. The van der Waals surface area contributed by atoms with E-state index in [-0.39, 0.29) is 11.3 Å². The Morgan fingerprint density at radius 2 is 2.20 bits per heavy atom. The maximum Gasteiger partial charge on any atom is 0.241 e. The predicted octanol–water partition coefficient (Wildman–Crippen LogP) is 0.855. The fourth-order valence-corrected chi connectivity index (χ4v) is 1.19. The Bertz CT molecular complexity index is 298. The molecule has 0 aromatic carbocycles. The van der Waals surface area contributed by atoms with Gasteiger partial charge in [-0.25, -0.2) is 4.57 Å². The normalized spacial score (nSPS) is 11.4. The minimum absolute atomic E-state index is 0.113. The van der Waals surface area contributed by atoms with E-state index >= 15 is 0 Å². The summed E-state index contributed by atoms with van der Waals surface area (Å²) in [5.74, 6) is 0.113. The van der Waals surface area contributed by atoms with E-state index in [1.54, 1.807) is 0 Å². The van der Waals surface area contributed by atoms with Gasteiger partial charge < -0.3 is 5.32 Å². The lowest BCUT2D eigenvalue weighted by Crippen LogP contribution is -2.38. The molecule has 0 aliphatic rings. The zero-order chi connectivity index (χ0) is 11.3. The van der Waals surface area contributed by atoms with Gasteiger partial charge in [0.15, 0.2) is 0 Å². The molecule has 0 aliphatic carbocycles. The molecule has 0 unspecified atom stereocenters. The summed E-state index contributed by atoms with van der Waals surface area (Å²) in [5, 5.41) is 2.92. The van der Waals surface area contributed by atoms with E-state index in [9.17, 15) is 4.79 Å². The number of hydrogen-bond donors (Lipinski definition) is 2. The number of rotatable bonds is 4. The van der Waals surface area contributed by atoms with E-state index in [4.69, 9.17) is 0 Å². The Morgan fingerprint density at radius 1 is 1.47 bits per heavy atom. The van der Waals surface area contributed by atoms with E-state index in [1.165, 1.54) is 0 Å². The van der Waals surface area contributed by atoms with Gasteiger partial charge in [0.25, 0.3) is 0 Å². The van der Waals surface area contributed by atoms with Crippen molar-refractivity contribution in [2.75, 3.05) is 6.54 Å². The highest BCUT2D eigenvalue weighted by atomic mass is 16.2. The summed E-state index contributed by atoms with van der Waals surface area (Å²) in [7, 11) is 0. The average molecular weight is 210 g/mol. The second-order valence-electron chi connectivity index (χ2n) is 4.71. The summed E-state index contributed by atoms with van der Waals surface area (Å²) in [4.78, 5) is 14.5. The smallest absolute Gasteiger partial charge is 0.241 e. The van der Waals surface area contributed by atoms with Crippen LogP contribution >= 0.6 is 0 Å². The number of carbonyl (C=O) groups is 1. The third-order valence-corrected chi connectivity index (χ3v) is 2.16. The molecule has 2 N–H and O–H groups in total. The van der Waals surface area contributed by atoms with Crippen molar-refractivity contribution in [1.82, 2.24) is 10.3 Å². The van der Waals surface area contributed by atoms with Gasteiger partial charge in [0.05, 0.1) is 6.54 Å². The first-order valence-corrected chi connectivity index (χ1v) is 5.30. The maximum atomic E-state index is 11.5. The average Bonchev–Trinajstić information content (AvgIpc) is 2.63. The van der Waals surface area contributed by atoms with Crippen molar-refractivity contribution in [2.45, 2.75) is 33.7 Å². The quantitative estimate of drug-likeness (QED) is 0.562. The van der Waals surface area contributed by atoms with E-state index in [0.717, 1.165) is 19.5 Å². The molecule has 0 saturated carbocycles. The van der Waals surface area contributed by atoms with Crippen molar-refractivity contribution in [3.8, 4) is 0 Å². The number of nitrogens with one attached hydrogen (secondary N) is 2. The third kappa shape index (κ3) is 4.14. The molecule has 1 aromatic heterocycles.